The van der Waals surface area contributed by atoms with Crippen LogP contribution >= 0.6 is 0 Å². The average molecular weight is 325 g/mol. The van der Waals surface area contributed by atoms with E-state index in [-0.39, 0.29) is 5.91 Å². The normalized spacial score (nSPS) is 15.3. The number of benzene rings is 1. The number of hydrogen-bond acceptors (Lipinski definition) is 5. The van der Waals surface area contributed by atoms with Gasteiger partial charge in [-0.2, -0.15) is 0 Å². The van der Waals surface area contributed by atoms with Gasteiger partial charge in [0.2, 0.25) is 0 Å². The van der Waals surface area contributed by atoms with Crippen molar-refractivity contribution in [1.29, 1.82) is 0 Å². The minimum atomic E-state index is -0.0410. The molecule has 1 saturated heterocycles. The number of nitrogens with zero attached hydrogens (tertiary/aromatic N) is 4. The smallest absolute Gasteiger partial charge is 0.274 e. The molecule has 0 radical (unpaired) electrons. The van der Waals surface area contributed by atoms with E-state index in [9.17, 15) is 4.79 Å². The molecule has 1 amide bonds. The van der Waals surface area contributed by atoms with E-state index < -0.39 is 0 Å². The third kappa shape index (κ3) is 4.08. The zero-order chi connectivity index (χ0) is 16.9. The van der Waals surface area contributed by atoms with Crippen LogP contribution in [0.15, 0.2) is 36.7 Å². The molecule has 1 aliphatic rings. The number of hydrogen-bond donors (Lipinski definition) is 1. The largest absolute Gasteiger partial charge is 0.365 e. The number of rotatable bonds is 4. The van der Waals surface area contributed by atoms with Gasteiger partial charge in [0, 0.05) is 32.7 Å². The molecule has 0 saturated carbocycles. The van der Waals surface area contributed by atoms with Gasteiger partial charge < -0.3 is 15.1 Å². The standard InChI is InChI=1S/C18H23N5O/c1-14-3-5-15(6-4-14)11-20-17-13-19-16(12-21-17)18(24)23-9-7-22(2)8-10-23/h3-6,12-13H,7-11H2,1-2H3,(H,20,21). The van der Waals surface area contributed by atoms with Crippen LogP contribution in [0.2, 0.25) is 0 Å². The van der Waals surface area contributed by atoms with Crippen molar-refractivity contribution in [2.75, 3.05) is 38.5 Å². The molecule has 2 heterocycles. The van der Waals surface area contributed by atoms with Gasteiger partial charge >= 0.3 is 0 Å². The first-order valence-electron chi connectivity index (χ1n) is 8.21. The molecule has 1 N–H and O–H groups in total. The molecule has 1 aromatic carbocycles. The number of amides is 1. The van der Waals surface area contributed by atoms with Crippen LogP contribution in [0, 0.1) is 6.92 Å². The number of aromatic nitrogens is 2. The number of carbonyl (C=O) groups is 1. The highest BCUT2D eigenvalue weighted by Gasteiger charge is 2.21. The Kier molecular flexibility index (Phi) is 5.05. The van der Waals surface area contributed by atoms with Crippen molar-refractivity contribution in [2.45, 2.75) is 13.5 Å². The SMILES string of the molecule is Cc1ccc(CNc2cnc(C(=O)N3CCN(C)CC3)cn2)cc1. The van der Waals surface area contributed by atoms with E-state index in [1.807, 2.05) is 4.90 Å². The molecule has 1 aliphatic heterocycles. The summed E-state index contributed by atoms with van der Waals surface area (Å²) in [6.45, 7) is 6.03. The van der Waals surface area contributed by atoms with Gasteiger partial charge in [0.15, 0.2) is 0 Å². The first-order valence-corrected chi connectivity index (χ1v) is 8.21. The Balaban J connectivity index is 1.56. The van der Waals surface area contributed by atoms with E-state index in [0.717, 1.165) is 26.2 Å². The maximum absolute atomic E-state index is 12.4. The minimum absolute atomic E-state index is 0.0410. The number of aryl methyl sites for hydroxylation is 1. The van der Waals surface area contributed by atoms with Crippen molar-refractivity contribution >= 4 is 11.7 Å². The fourth-order valence-corrected chi connectivity index (χ4v) is 2.60. The molecule has 0 unspecified atom stereocenters. The molecular formula is C18H23N5O. The van der Waals surface area contributed by atoms with Crippen LogP contribution in [-0.4, -0.2) is 58.9 Å². The Bertz CT molecular complexity index is 676. The lowest BCUT2D eigenvalue weighted by atomic mass is 10.1. The lowest BCUT2D eigenvalue weighted by Crippen LogP contribution is -2.47. The first kappa shape index (κ1) is 16.4. The third-order valence-corrected chi connectivity index (χ3v) is 4.26. The molecule has 0 aliphatic carbocycles. The van der Waals surface area contributed by atoms with Crippen molar-refractivity contribution in [3.8, 4) is 0 Å². The van der Waals surface area contributed by atoms with Gasteiger partial charge in [-0.15, -0.1) is 0 Å². The molecule has 126 valence electrons. The maximum Gasteiger partial charge on any atom is 0.274 e. The second-order valence-corrected chi connectivity index (χ2v) is 6.22. The molecule has 1 aromatic heterocycles. The zero-order valence-corrected chi connectivity index (χ0v) is 14.2. The number of likely N-dealkylation sites (N-methyl/N-ethyl adjacent to an activating group) is 1. The summed E-state index contributed by atoms with van der Waals surface area (Å²) in [5.41, 5.74) is 2.82. The molecule has 0 spiro atoms. The van der Waals surface area contributed by atoms with Gasteiger partial charge in [-0.05, 0) is 19.5 Å². The Morgan fingerprint density at radius 2 is 1.79 bits per heavy atom. The van der Waals surface area contributed by atoms with Crippen LogP contribution in [0.1, 0.15) is 21.6 Å². The van der Waals surface area contributed by atoms with Crippen molar-refractivity contribution in [2.24, 2.45) is 0 Å². The fourth-order valence-electron chi connectivity index (χ4n) is 2.60. The molecular weight excluding hydrogens is 302 g/mol. The number of nitrogens with one attached hydrogen (secondary N) is 1. The topological polar surface area (TPSA) is 61.4 Å². The molecule has 1 fully saturated rings. The lowest BCUT2D eigenvalue weighted by molar-refractivity contribution is 0.0658. The second kappa shape index (κ2) is 7.40. The third-order valence-electron chi connectivity index (χ3n) is 4.26. The van der Waals surface area contributed by atoms with Crippen LogP contribution in [-0.2, 0) is 6.54 Å². The summed E-state index contributed by atoms with van der Waals surface area (Å²) in [7, 11) is 2.07. The summed E-state index contributed by atoms with van der Waals surface area (Å²) >= 11 is 0. The molecule has 0 bridgehead atoms. The molecule has 6 nitrogen and oxygen atoms in total. The summed E-state index contributed by atoms with van der Waals surface area (Å²) < 4.78 is 0. The Hall–Kier alpha value is -2.47. The van der Waals surface area contributed by atoms with Crippen molar-refractivity contribution in [3.63, 3.8) is 0 Å². The Morgan fingerprint density at radius 3 is 2.42 bits per heavy atom. The van der Waals surface area contributed by atoms with Gasteiger partial charge in [0.25, 0.3) is 5.91 Å². The van der Waals surface area contributed by atoms with Gasteiger partial charge in [-0.3, -0.25) is 4.79 Å². The number of carbonyl (C=O) groups excluding carboxylic acids is 1. The monoisotopic (exact) mass is 325 g/mol. The van der Waals surface area contributed by atoms with Gasteiger partial charge in [-0.25, -0.2) is 9.97 Å². The maximum atomic E-state index is 12.4. The second-order valence-electron chi connectivity index (χ2n) is 6.22. The van der Waals surface area contributed by atoms with E-state index in [2.05, 4.69) is 58.4 Å². The molecule has 0 atom stereocenters. The van der Waals surface area contributed by atoms with Crippen molar-refractivity contribution in [1.82, 2.24) is 19.8 Å². The summed E-state index contributed by atoms with van der Waals surface area (Å²) in [5, 5.41) is 3.23. The van der Waals surface area contributed by atoms with Gasteiger partial charge in [-0.1, -0.05) is 29.8 Å². The zero-order valence-electron chi connectivity index (χ0n) is 14.2. The molecule has 6 heteroatoms. The van der Waals surface area contributed by atoms with Crippen molar-refractivity contribution in [3.05, 3.63) is 53.5 Å². The highest BCUT2D eigenvalue weighted by atomic mass is 16.2. The van der Waals surface area contributed by atoms with E-state index in [1.54, 1.807) is 12.4 Å². The number of piperazine rings is 1. The van der Waals surface area contributed by atoms with Crippen molar-refractivity contribution < 1.29 is 4.79 Å². The summed E-state index contributed by atoms with van der Waals surface area (Å²) in [4.78, 5) is 25.0. The van der Waals surface area contributed by atoms with E-state index in [1.165, 1.54) is 11.1 Å². The van der Waals surface area contributed by atoms with E-state index in [4.69, 9.17) is 0 Å². The van der Waals surface area contributed by atoms with Gasteiger partial charge in [0.05, 0.1) is 12.4 Å². The summed E-state index contributed by atoms with van der Waals surface area (Å²) in [6.07, 6.45) is 3.18. The van der Waals surface area contributed by atoms with Crippen LogP contribution in [0.5, 0.6) is 0 Å². The van der Waals surface area contributed by atoms with Crippen LogP contribution in [0.4, 0.5) is 5.82 Å². The summed E-state index contributed by atoms with van der Waals surface area (Å²) in [6, 6.07) is 8.34. The van der Waals surface area contributed by atoms with E-state index in [0.29, 0.717) is 18.1 Å². The van der Waals surface area contributed by atoms with Crippen LogP contribution < -0.4 is 5.32 Å². The Labute approximate surface area is 142 Å². The Morgan fingerprint density at radius 1 is 1.08 bits per heavy atom. The lowest BCUT2D eigenvalue weighted by Gasteiger charge is -2.32. The quantitative estimate of drug-likeness (QED) is 0.928. The van der Waals surface area contributed by atoms with Crippen LogP contribution in [0.3, 0.4) is 0 Å². The molecule has 24 heavy (non-hydrogen) atoms. The van der Waals surface area contributed by atoms with Gasteiger partial charge in [0.1, 0.15) is 11.5 Å². The predicted octanol–water partition coefficient (Wildman–Crippen LogP) is 1.78. The highest BCUT2D eigenvalue weighted by molar-refractivity contribution is 5.92. The summed E-state index contributed by atoms with van der Waals surface area (Å²) in [5.74, 6) is 0.631. The molecule has 3 rings (SSSR count). The predicted molar refractivity (Wildman–Crippen MR) is 93.9 cm³/mol. The fraction of sp³-hybridized carbons (Fsp3) is 0.389. The highest BCUT2D eigenvalue weighted by Crippen LogP contribution is 2.09. The van der Waals surface area contributed by atoms with E-state index >= 15 is 0 Å². The van der Waals surface area contributed by atoms with Crippen LogP contribution in [0.25, 0.3) is 0 Å². The number of anilines is 1. The average Bonchev–Trinajstić information content (AvgIpc) is 2.62. The minimum Gasteiger partial charge on any atom is -0.365 e. The first-order chi connectivity index (χ1) is 11.6. The molecule has 2 aromatic rings.